The van der Waals surface area contributed by atoms with Gasteiger partial charge in [-0.3, -0.25) is 14.4 Å². The van der Waals surface area contributed by atoms with Crippen LogP contribution in [0.4, 0.5) is 11.4 Å². The van der Waals surface area contributed by atoms with E-state index in [1.54, 1.807) is 91.0 Å². The summed E-state index contributed by atoms with van der Waals surface area (Å²) in [7, 11) is 1.54. The zero-order valence-electron chi connectivity index (χ0n) is 21.5. The summed E-state index contributed by atoms with van der Waals surface area (Å²) in [6.07, 6.45) is 1.56. The van der Waals surface area contributed by atoms with E-state index in [0.29, 0.717) is 33.3 Å². The number of amides is 3. The molecule has 0 aliphatic heterocycles. The number of hydrogen-bond acceptors (Lipinski definition) is 5. The molecule has 0 fully saturated rings. The molecule has 0 aliphatic rings. The van der Waals surface area contributed by atoms with Crippen LogP contribution in [0.1, 0.15) is 15.9 Å². The Bertz CT molecular complexity index is 1530. The molecule has 3 N–H and O–H groups in total. The predicted molar refractivity (Wildman–Crippen MR) is 161 cm³/mol. The molecule has 202 valence electrons. The first-order valence-electron chi connectivity index (χ1n) is 12.2. The largest absolute Gasteiger partial charge is 0.496 e. The molecule has 4 aromatic carbocycles. The number of hydrogen-bond donors (Lipinski definition) is 3. The van der Waals surface area contributed by atoms with Gasteiger partial charge >= 0.3 is 0 Å². The molecule has 9 heteroatoms. The molecular formula is C31H26ClN3O4S. The van der Waals surface area contributed by atoms with Gasteiger partial charge in [-0.2, -0.15) is 0 Å². The van der Waals surface area contributed by atoms with Crippen molar-refractivity contribution in [2.45, 2.75) is 4.90 Å². The summed E-state index contributed by atoms with van der Waals surface area (Å²) in [4.78, 5) is 39.4. The van der Waals surface area contributed by atoms with Crippen molar-refractivity contribution in [3.8, 4) is 5.75 Å². The average molecular weight is 572 g/mol. The van der Waals surface area contributed by atoms with Gasteiger partial charge in [0.25, 0.3) is 11.8 Å². The van der Waals surface area contributed by atoms with Crippen LogP contribution in [0.2, 0.25) is 5.02 Å². The maximum Gasteiger partial charge on any atom is 0.272 e. The highest BCUT2D eigenvalue weighted by Gasteiger charge is 2.16. The molecule has 0 bridgehead atoms. The molecule has 3 amide bonds. The summed E-state index contributed by atoms with van der Waals surface area (Å²) in [6, 6.07) is 29.8. The smallest absolute Gasteiger partial charge is 0.272 e. The second-order valence-corrected chi connectivity index (χ2v) is 9.93. The average Bonchev–Trinajstić information content (AvgIpc) is 2.98. The fourth-order valence-corrected chi connectivity index (χ4v) is 4.51. The van der Waals surface area contributed by atoms with E-state index >= 15 is 0 Å². The van der Waals surface area contributed by atoms with Gasteiger partial charge in [-0.15, -0.1) is 11.8 Å². The number of carbonyl (C=O) groups excluding carboxylic acids is 3. The molecule has 0 aromatic heterocycles. The van der Waals surface area contributed by atoms with E-state index in [1.807, 2.05) is 18.2 Å². The number of ether oxygens (including phenoxy) is 1. The minimum absolute atomic E-state index is 0.0405. The minimum atomic E-state index is -0.516. The van der Waals surface area contributed by atoms with E-state index in [1.165, 1.54) is 18.9 Å². The Labute approximate surface area is 241 Å². The van der Waals surface area contributed by atoms with Crippen molar-refractivity contribution in [1.29, 1.82) is 0 Å². The second-order valence-electron chi connectivity index (χ2n) is 8.45. The lowest BCUT2D eigenvalue weighted by atomic mass is 10.1. The molecule has 40 heavy (non-hydrogen) atoms. The molecule has 0 spiro atoms. The van der Waals surface area contributed by atoms with Crippen LogP contribution < -0.4 is 20.7 Å². The van der Waals surface area contributed by atoms with E-state index in [-0.39, 0.29) is 17.4 Å². The third kappa shape index (κ3) is 8.23. The molecule has 4 rings (SSSR count). The van der Waals surface area contributed by atoms with Gasteiger partial charge in [-0.1, -0.05) is 54.1 Å². The van der Waals surface area contributed by atoms with Crippen LogP contribution in [-0.4, -0.2) is 30.6 Å². The quantitative estimate of drug-likeness (QED) is 0.149. The summed E-state index contributed by atoms with van der Waals surface area (Å²) in [6.45, 7) is 0. The van der Waals surface area contributed by atoms with Crippen molar-refractivity contribution in [3.05, 3.63) is 125 Å². The van der Waals surface area contributed by atoms with Crippen LogP contribution in [0.15, 0.2) is 114 Å². The fraction of sp³-hybridized carbons (Fsp3) is 0.0645. The van der Waals surface area contributed by atoms with Gasteiger partial charge in [-0.25, -0.2) is 0 Å². The van der Waals surface area contributed by atoms with E-state index in [0.717, 1.165) is 4.90 Å². The van der Waals surface area contributed by atoms with Crippen molar-refractivity contribution < 1.29 is 19.1 Å². The Morgan fingerprint density at radius 2 is 1.55 bits per heavy atom. The van der Waals surface area contributed by atoms with Gasteiger partial charge in [0.1, 0.15) is 11.4 Å². The summed E-state index contributed by atoms with van der Waals surface area (Å²) >= 11 is 7.22. The van der Waals surface area contributed by atoms with Crippen LogP contribution in [0.5, 0.6) is 5.75 Å². The van der Waals surface area contributed by atoms with Crippen molar-refractivity contribution in [3.63, 3.8) is 0 Å². The number of carbonyl (C=O) groups is 3. The van der Waals surface area contributed by atoms with Gasteiger partial charge in [0.15, 0.2) is 0 Å². The maximum atomic E-state index is 13.4. The number of halogens is 1. The zero-order valence-corrected chi connectivity index (χ0v) is 23.1. The SMILES string of the molecule is COc1ccccc1/C=C(/NC(=O)c1ccccc1)C(=O)Nc1cccc(SCC(=O)Nc2ccc(Cl)cc2)c1. The third-order valence-electron chi connectivity index (χ3n) is 5.56. The minimum Gasteiger partial charge on any atom is -0.496 e. The summed E-state index contributed by atoms with van der Waals surface area (Å²) < 4.78 is 5.41. The molecule has 7 nitrogen and oxygen atoms in total. The van der Waals surface area contributed by atoms with E-state index in [4.69, 9.17) is 16.3 Å². The number of rotatable bonds is 10. The first-order valence-corrected chi connectivity index (χ1v) is 13.6. The topological polar surface area (TPSA) is 96.5 Å². The third-order valence-corrected chi connectivity index (χ3v) is 6.80. The highest BCUT2D eigenvalue weighted by atomic mass is 35.5. The number of methoxy groups -OCH3 is 1. The number of nitrogens with one attached hydrogen (secondary N) is 3. The molecule has 0 aliphatic carbocycles. The van der Waals surface area contributed by atoms with Crippen molar-refractivity contribution in [2.75, 3.05) is 23.5 Å². The number of thioether (sulfide) groups is 1. The van der Waals surface area contributed by atoms with Gasteiger partial charge < -0.3 is 20.7 Å². The van der Waals surface area contributed by atoms with Crippen molar-refractivity contribution in [1.82, 2.24) is 5.32 Å². The van der Waals surface area contributed by atoms with E-state index in [2.05, 4.69) is 16.0 Å². The standard InChI is InChI=1S/C31H26ClN3O4S/c1-39-28-13-6-5-10-22(28)18-27(35-30(37)21-8-3-2-4-9-21)31(38)34-25-11-7-12-26(19-25)40-20-29(36)33-24-16-14-23(32)15-17-24/h2-19H,20H2,1H3,(H,33,36)(H,34,38)(H,35,37)/b27-18+. The Morgan fingerprint density at radius 3 is 2.30 bits per heavy atom. The molecule has 0 heterocycles. The van der Waals surface area contributed by atoms with Crippen LogP contribution in [0.25, 0.3) is 6.08 Å². The lowest BCUT2D eigenvalue weighted by Crippen LogP contribution is -2.30. The van der Waals surface area contributed by atoms with Gasteiger partial charge in [0.2, 0.25) is 5.91 Å². The first-order chi connectivity index (χ1) is 19.4. The van der Waals surface area contributed by atoms with Gasteiger partial charge in [0, 0.05) is 32.4 Å². The molecule has 0 saturated carbocycles. The molecule has 4 aromatic rings. The Morgan fingerprint density at radius 1 is 0.825 bits per heavy atom. The van der Waals surface area contributed by atoms with E-state index in [9.17, 15) is 14.4 Å². The van der Waals surface area contributed by atoms with Crippen LogP contribution in [0.3, 0.4) is 0 Å². The monoisotopic (exact) mass is 571 g/mol. The molecule has 0 atom stereocenters. The number of anilines is 2. The second kappa shape index (κ2) is 14.0. The normalized spacial score (nSPS) is 10.9. The Hall–Kier alpha value is -4.53. The summed E-state index contributed by atoms with van der Waals surface area (Å²) in [5, 5.41) is 8.97. The molecule has 0 saturated heterocycles. The number of para-hydroxylation sites is 1. The highest BCUT2D eigenvalue weighted by molar-refractivity contribution is 8.00. The fourth-order valence-electron chi connectivity index (χ4n) is 3.62. The van der Waals surface area contributed by atoms with Gasteiger partial charge in [0.05, 0.1) is 12.9 Å². The van der Waals surface area contributed by atoms with Crippen LogP contribution in [-0.2, 0) is 9.59 Å². The van der Waals surface area contributed by atoms with Crippen molar-refractivity contribution >= 4 is 58.5 Å². The summed E-state index contributed by atoms with van der Waals surface area (Å²) in [5.41, 5.74) is 2.24. The first kappa shape index (κ1) is 28.5. The van der Waals surface area contributed by atoms with E-state index < -0.39 is 11.8 Å². The molecule has 0 unspecified atom stereocenters. The van der Waals surface area contributed by atoms with Crippen LogP contribution in [0, 0.1) is 0 Å². The van der Waals surface area contributed by atoms with Crippen LogP contribution >= 0.6 is 23.4 Å². The lowest BCUT2D eigenvalue weighted by molar-refractivity contribution is -0.114. The van der Waals surface area contributed by atoms with Gasteiger partial charge in [-0.05, 0) is 66.7 Å². The Balaban J connectivity index is 1.47. The summed E-state index contributed by atoms with van der Waals surface area (Å²) in [5.74, 6) is -0.387. The maximum absolute atomic E-state index is 13.4. The molecule has 0 radical (unpaired) electrons. The highest BCUT2D eigenvalue weighted by Crippen LogP contribution is 2.24. The number of benzene rings is 4. The van der Waals surface area contributed by atoms with Crippen molar-refractivity contribution in [2.24, 2.45) is 0 Å². The predicted octanol–water partition coefficient (Wildman–Crippen LogP) is 6.49. The molecular weight excluding hydrogens is 546 g/mol. The lowest BCUT2D eigenvalue weighted by Gasteiger charge is -2.13. The Kier molecular flexibility index (Phi) is 9.99. The zero-order chi connectivity index (χ0) is 28.3.